The monoisotopic (exact) mass is 364 g/mol. The molecule has 0 aliphatic rings. The maximum atomic E-state index is 12.4. The minimum absolute atomic E-state index is 0.0808. The first-order valence-electron chi connectivity index (χ1n) is 8.40. The molecule has 1 amide bonds. The summed E-state index contributed by atoms with van der Waals surface area (Å²) < 4.78 is 10.3. The number of anilines is 1. The molecule has 27 heavy (non-hydrogen) atoms. The van der Waals surface area contributed by atoms with E-state index in [4.69, 9.17) is 9.47 Å². The average molecular weight is 364 g/mol. The van der Waals surface area contributed by atoms with E-state index in [9.17, 15) is 14.9 Å². The van der Waals surface area contributed by atoms with E-state index >= 15 is 0 Å². The SMILES string of the molecule is CCOC(=O)COc1ccccc1/C=C(\C#N)C(=O)Nc1ccc(C)cc1. The van der Waals surface area contributed by atoms with Gasteiger partial charge in [0, 0.05) is 11.3 Å². The number of hydrogen-bond acceptors (Lipinski definition) is 5. The Kier molecular flexibility index (Phi) is 7.15. The highest BCUT2D eigenvalue weighted by atomic mass is 16.6. The van der Waals surface area contributed by atoms with Crippen LogP contribution in [0.25, 0.3) is 6.08 Å². The molecular formula is C21H20N2O4. The molecule has 0 aliphatic heterocycles. The van der Waals surface area contributed by atoms with E-state index in [1.807, 2.05) is 25.1 Å². The Hall–Kier alpha value is -3.59. The van der Waals surface area contributed by atoms with E-state index in [0.717, 1.165) is 5.56 Å². The van der Waals surface area contributed by atoms with Crippen LogP contribution in [-0.4, -0.2) is 25.1 Å². The molecule has 0 spiro atoms. The van der Waals surface area contributed by atoms with E-state index < -0.39 is 11.9 Å². The van der Waals surface area contributed by atoms with Crippen LogP contribution >= 0.6 is 0 Å². The Bertz CT molecular complexity index is 880. The van der Waals surface area contributed by atoms with Crippen LogP contribution in [0.5, 0.6) is 5.75 Å². The molecule has 1 N–H and O–H groups in total. The predicted molar refractivity (Wildman–Crippen MR) is 102 cm³/mol. The van der Waals surface area contributed by atoms with Gasteiger partial charge >= 0.3 is 5.97 Å². The minimum Gasteiger partial charge on any atom is -0.481 e. The molecule has 6 nitrogen and oxygen atoms in total. The second-order valence-corrected chi connectivity index (χ2v) is 5.62. The topological polar surface area (TPSA) is 88.4 Å². The lowest BCUT2D eigenvalue weighted by Gasteiger charge is -2.09. The summed E-state index contributed by atoms with van der Waals surface area (Å²) in [6, 6.07) is 16.0. The minimum atomic E-state index is -0.526. The first-order chi connectivity index (χ1) is 13.0. The van der Waals surface area contributed by atoms with Crippen molar-refractivity contribution in [1.82, 2.24) is 0 Å². The first kappa shape index (κ1) is 19.7. The molecule has 138 valence electrons. The summed E-state index contributed by atoms with van der Waals surface area (Å²) in [5.41, 5.74) is 2.09. The molecule has 0 saturated heterocycles. The van der Waals surface area contributed by atoms with Gasteiger partial charge in [-0.25, -0.2) is 4.79 Å². The lowest BCUT2D eigenvalue weighted by Crippen LogP contribution is -2.15. The second kappa shape index (κ2) is 9.78. The van der Waals surface area contributed by atoms with Crippen LogP contribution in [0.15, 0.2) is 54.1 Å². The quantitative estimate of drug-likeness (QED) is 0.462. The van der Waals surface area contributed by atoms with Crippen molar-refractivity contribution >= 4 is 23.6 Å². The number of carbonyl (C=O) groups is 2. The van der Waals surface area contributed by atoms with Crippen molar-refractivity contribution in [3.05, 3.63) is 65.2 Å². The van der Waals surface area contributed by atoms with E-state index in [1.165, 1.54) is 6.08 Å². The molecule has 0 saturated carbocycles. The standard InChI is InChI=1S/C21H20N2O4/c1-3-26-20(24)14-27-19-7-5-4-6-16(19)12-17(13-22)21(25)23-18-10-8-15(2)9-11-18/h4-12H,3,14H2,1-2H3,(H,23,25)/b17-12+. The smallest absolute Gasteiger partial charge is 0.344 e. The Balaban J connectivity index is 2.16. The number of ether oxygens (including phenoxy) is 2. The fourth-order valence-electron chi connectivity index (χ4n) is 2.21. The molecule has 0 aliphatic carbocycles. The summed E-state index contributed by atoms with van der Waals surface area (Å²) in [6.45, 7) is 3.66. The van der Waals surface area contributed by atoms with Gasteiger partial charge in [0.15, 0.2) is 6.61 Å². The molecule has 2 aromatic rings. The molecule has 0 aromatic heterocycles. The van der Waals surface area contributed by atoms with Crippen molar-refractivity contribution in [3.63, 3.8) is 0 Å². The zero-order valence-electron chi connectivity index (χ0n) is 15.2. The second-order valence-electron chi connectivity index (χ2n) is 5.62. The van der Waals surface area contributed by atoms with Crippen molar-refractivity contribution in [2.45, 2.75) is 13.8 Å². The lowest BCUT2D eigenvalue weighted by atomic mass is 10.1. The fourth-order valence-corrected chi connectivity index (χ4v) is 2.21. The van der Waals surface area contributed by atoms with Crippen molar-refractivity contribution in [2.75, 3.05) is 18.5 Å². The summed E-state index contributed by atoms with van der Waals surface area (Å²) in [5.74, 6) is -0.642. The van der Waals surface area contributed by atoms with Crippen LogP contribution in [0.1, 0.15) is 18.1 Å². The number of para-hydroxylation sites is 1. The van der Waals surface area contributed by atoms with Gasteiger partial charge in [-0.05, 0) is 38.1 Å². The molecule has 2 rings (SSSR count). The van der Waals surface area contributed by atoms with Crippen LogP contribution in [0, 0.1) is 18.3 Å². The number of nitrogens with zero attached hydrogens (tertiary/aromatic N) is 1. The summed E-state index contributed by atoms with van der Waals surface area (Å²) >= 11 is 0. The number of nitrogens with one attached hydrogen (secondary N) is 1. The summed E-state index contributed by atoms with van der Waals surface area (Å²) in [5, 5.41) is 12.0. The number of hydrogen-bond donors (Lipinski definition) is 1. The zero-order chi connectivity index (χ0) is 19.6. The van der Waals surface area contributed by atoms with Crippen molar-refractivity contribution in [3.8, 4) is 11.8 Å². The number of carbonyl (C=O) groups excluding carboxylic acids is 2. The van der Waals surface area contributed by atoms with Crippen LogP contribution in [0.4, 0.5) is 5.69 Å². The van der Waals surface area contributed by atoms with Gasteiger partial charge in [0.1, 0.15) is 17.4 Å². The lowest BCUT2D eigenvalue weighted by molar-refractivity contribution is -0.145. The maximum Gasteiger partial charge on any atom is 0.344 e. The first-order valence-corrected chi connectivity index (χ1v) is 8.40. The van der Waals surface area contributed by atoms with Crippen molar-refractivity contribution < 1.29 is 19.1 Å². The number of esters is 1. The molecule has 0 fully saturated rings. The highest BCUT2D eigenvalue weighted by molar-refractivity contribution is 6.09. The highest BCUT2D eigenvalue weighted by Gasteiger charge is 2.12. The number of rotatable bonds is 7. The fraction of sp³-hybridized carbons (Fsp3) is 0.190. The third-order valence-corrected chi connectivity index (χ3v) is 3.54. The Morgan fingerprint density at radius 2 is 1.85 bits per heavy atom. The average Bonchev–Trinajstić information content (AvgIpc) is 2.67. The van der Waals surface area contributed by atoms with Gasteiger partial charge in [0.2, 0.25) is 0 Å². The normalized spacial score (nSPS) is 10.6. The zero-order valence-corrected chi connectivity index (χ0v) is 15.2. The number of benzene rings is 2. The van der Waals surface area contributed by atoms with Crippen LogP contribution < -0.4 is 10.1 Å². The molecule has 0 unspecified atom stereocenters. The molecule has 0 bridgehead atoms. The maximum absolute atomic E-state index is 12.4. The molecule has 0 atom stereocenters. The van der Waals surface area contributed by atoms with Gasteiger partial charge in [-0.1, -0.05) is 35.9 Å². The number of amides is 1. The van der Waals surface area contributed by atoms with Crippen molar-refractivity contribution in [1.29, 1.82) is 5.26 Å². The van der Waals surface area contributed by atoms with E-state index in [1.54, 1.807) is 43.3 Å². The van der Waals surface area contributed by atoms with E-state index in [2.05, 4.69) is 5.32 Å². The van der Waals surface area contributed by atoms with Crippen LogP contribution in [0.2, 0.25) is 0 Å². The Morgan fingerprint density at radius 3 is 2.52 bits per heavy atom. The van der Waals surface area contributed by atoms with Gasteiger partial charge < -0.3 is 14.8 Å². The van der Waals surface area contributed by atoms with Gasteiger partial charge in [-0.2, -0.15) is 5.26 Å². The van der Waals surface area contributed by atoms with Gasteiger partial charge in [0.25, 0.3) is 5.91 Å². The number of nitriles is 1. The van der Waals surface area contributed by atoms with E-state index in [-0.39, 0.29) is 18.8 Å². The third-order valence-electron chi connectivity index (χ3n) is 3.54. The van der Waals surface area contributed by atoms with Gasteiger partial charge in [-0.15, -0.1) is 0 Å². The van der Waals surface area contributed by atoms with E-state index in [0.29, 0.717) is 17.0 Å². The van der Waals surface area contributed by atoms with Gasteiger partial charge in [-0.3, -0.25) is 4.79 Å². The van der Waals surface area contributed by atoms with Crippen LogP contribution in [-0.2, 0) is 14.3 Å². The summed E-state index contributed by atoms with van der Waals surface area (Å²) in [4.78, 5) is 23.8. The largest absolute Gasteiger partial charge is 0.481 e. The summed E-state index contributed by atoms with van der Waals surface area (Å²) in [6.07, 6.45) is 1.42. The summed E-state index contributed by atoms with van der Waals surface area (Å²) in [7, 11) is 0. The molecule has 2 aromatic carbocycles. The highest BCUT2D eigenvalue weighted by Crippen LogP contribution is 2.21. The molecule has 0 heterocycles. The molecular weight excluding hydrogens is 344 g/mol. The molecule has 6 heteroatoms. The predicted octanol–water partition coefficient (Wildman–Crippen LogP) is 3.48. The third kappa shape index (κ3) is 6.01. The molecule has 0 radical (unpaired) electrons. The Labute approximate surface area is 158 Å². The van der Waals surface area contributed by atoms with Crippen LogP contribution in [0.3, 0.4) is 0 Å². The van der Waals surface area contributed by atoms with Crippen molar-refractivity contribution in [2.24, 2.45) is 0 Å². The van der Waals surface area contributed by atoms with Gasteiger partial charge in [0.05, 0.1) is 6.61 Å². The number of aryl methyl sites for hydroxylation is 1. The Morgan fingerprint density at radius 1 is 1.15 bits per heavy atom.